The second-order valence-corrected chi connectivity index (χ2v) is 15.7. The van der Waals surface area contributed by atoms with Crippen molar-refractivity contribution < 1.29 is 46.9 Å². The molecular weight excluding hydrogens is 681 g/mol. The molecule has 3 aromatic rings. The van der Waals surface area contributed by atoms with Crippen LogP contribution < -0.4 is 15.3 Å². The molecular formula is C35H50N5O10P. The number of esters is 3. The van der Waals surface area contributed by atoms with E-state index in [0.717, 1.165) is 5.56 Å². The van der Waals surface area contributed by atoms with E-state index >= 15 is 0 Å². The van der Waals surface area contributed by atoms with E-state index in [9.17, 15) is 18.9 Å². The van der Waals surface area contributed by atoms with Crippen molar-refractivity contribution in [1.82, 2.24) is 19.7 Å². The summed E-state index contributed by atoms with van der Waals surface area (Å²) in [5.74, 6) is -1.35. The number of ether oxygens (including phenoxy) is 4. The van der Waals surface area contributed by atoms with Crippen LogP contribution in [0.5, 0.6) is 5.75 Å². The van der Waals surface area contributed by atoms with Gasteiger partial charge < -0.3 is 29.2 Å². The van der Waals surface area contributed by atoms with Gasteiger partial charge in [-0.15, -0.1) is 0 Å². The molecule has 1 aliphatic heterocycles. The number of carbonyl (C=O) groups excluding carboxylic acids is 3. The molecule has 0 radical (unpaired) electrons. The lowest BCUT2D eigenvalue weighted by molar-refractivity contribution is -0.170. The molecule has 3 heterocycles. The van der Waals surface area contributed by atoms with Gasteiger partial charge in [0.25, 0.3) is 0 Å². The summed E-state index contributed by atoms with van der Waals surface area (Å²) in [5.41, 5.74) is 6.36. The number of hydrogen-bond acceptors (Lipinski definition) is 13. The lowest BCUT2D eigenvalue weighted by Gasteiger charge is -2.31. The SMILES string of the molecule is CCC(=O)O[C@H]1[C@@H](OC(=O)CC)[C@](C)(c2ccc3c(N)ncnn23)O[C@@H]1COP(=O)(N[C@@H](C)C(=O)OCC(C)C)Oc1ccc(C(C)(C)C)cc1. The monoisotopic (exact) mass is 731 g/mol. The number of nitrogens with zero attached hydrogens (tertiary/aromatic N) is 3. The minimum Gasteiger partial charge on any atom is -0.464 e. The number of carbonyl (C=O) groups is 3. The molecule has 51 heavy (non-hydrogen) atoms. The summed E-state index contributed by atoms with van der Waals surface area (Å²) in [7, 11) is -4.40. The zero-order chi connectivity index (χ0) is 37.7. The largest absolute Gasteiger partial charge is 0.464 e. The number of hydrogen-bond donors (Lipinski definition) is 2. The highest BCUT2D eigenvalue weighted by Gasteiger charge is 2.59. The average Bonchev–Trinajstić information content (AvgIpc) is 3.63. The summed E-state index contributed by atoms with van der Waals surface area (Å²) in [4.78, 5) is 42.5. The van der Waals surface area contributed by atoms with Crippen LogP contribution in [-0.2, 0) is 53.4 Å². The highest BCUT2D eigenvalue weighted by atomic mass is 31.2. The Kier molecular flexibility index (Phi) is 12.5. The molecule has 1 aliphatic rings. The van der Waals surface area contributed by atoms with Gasteiger partial charge in [0.1, 0.15) is 35.3 Å². The van der Waals surface area contributed by atoms with Crippen LogP contribution in [0.1, 0.15) is 86.4 Å². The summed E-state index contributed by atoms with van der Waals surface area (Å²) in [6, 6.07) is 9.26. The Morgan fingerprint density at radius 1 is 1.04 bits per heavy atom. The summed E-state index contributed by atoms with van der Waals surface area (Å²) in [6.45, 7) is 16.0. The van der Waals surface area contributed by atoms with Crippen molar-refractivity contribution in [2.24, 2.45) is 5.92 Å². The third-order valence-electron chi connectivity index (χ3n) is 8.32. The van der Waals surface area contributed by atoms with Crippen molar-refractivity contribution in [3.63, 3.8) is 0 Å². The number of nitrogen functional groups attached to an aromatic ring is 1. The maximum Gasteiger partial charge on any atom is 0.459 e. The molecule has 16 heteroatoms. The van der Waals surface area contributed by atoms with E-state index in [0.29, 0.717) is 11.2 Å². The van der Waals surface area contributed by atoms with Crippen molar-refractivity contribution in [1.29, 1.82) is 0 Å². The van der Waals surface area contributed by atoms with Crippen molar-refractivity contribution in [2.45, 2.75) is 111 Å². The first kappa shape index (κ1) is 39.7. The van der Waals surface area contributed by atoms with Crippen LogP contribution in [-0.4, -0.2) is 70.1 Å². The molecule has 280 valence electrons. The third-order valence-corrected chi connectivity index (χ3v) is 9.96. The summed E-state index contributed by atoms with van der Waals surface area (Å²) >= 11 is 0. The van der Waals surface area contributed by atoms with E-state index in [2.05, 4.69) is 35.9 Å². The van der Waals surface area contributed by atoms with Crippen molar-refractivity contribution in [2.75, 3.05) is 18.9 Å². The Labute approximate surface area is 298 Å². The standard InChI is InChI=1S/C35H50N5O10P/c1-10-28(41)47-30-26(49-35(9,31(30)48-29(42)11-2)27-17-16-25-32(36)37-20-38-40(25)27)19-46-51(44,39-22(5)33(43)45-18-21(3)4)50-24-14-12-23(13-15-24)34(6,7)8/h12-17,20-22,26,30-31H,10-11,18-19H2,1-9H3,(H,39,44)(H2,36,37,38)/t22-,26+,30+,31+,35-,51?/m0/s1. The smallest absolute Gasteiger partial charge is 0.459 e. The van der Waals surface area contributed by atoms with Gasteiger partial charge in [-0.1, -0.05) is 60.6 Å². The Balaban J connectivity index is 1.71. The lowest BCUT2D eigenvalue weighted by Crippen LogP contribution is -2.45. The van der Waals surface area contributed by atoms with E-state index < -0.39 is 62.2 Å². The Morgan fingerprint density at radius 2 is 1.69 bits per heavy atom. The first-order chi connectivity index (χ1) is 23.9. The van der Waals surface area contributed by atoms with Gasteiger partial charge in [-0.25, -0.2) is 14.1 Å². The molecule has 15 nitrogen and oxygen atoms in total. The van der Waals surface area contributed by atoms with Gasteiger partial charge >= 0.3 is 25.7 Å². The molecule has 1 fully saturated rings. The number of fused-ring (bicyclic) bond motifs is 1. The third kappa shape index (κ3) is 9.45. The first-order valence-electron chi connectivity index (χ1n) is 17.0. The number of anilines is 1. The second-order valence-electron chi connectivity index (χ2n) is 14.0. The van der Waals surface area contributed by atoms with Crippen LogP contribution in [0, 0.1) is 5.92 Å². The summed E-state index contributed by atoms with van der Waals surface area (Å²) in [6.07, 6.45) is -2.28. The zero-order valence-corrected chi connectivity index (χ0v) is 31.6. The first-order valence-corrected chi connectivity index (χ1v) is 18.6. The van der Waals surface area contributed by atoms with Gasteiger partial charge in [0.2, 0.25) is 0 Å². The molecule has 1 aromatic carbocycles. The minimum absolute atomic E-state index is 0.0107. The van der Waals surface area contributed by atoms with Crippen molar-refractivity contribution in [3.8, 4) is 5.75 Å². The average molecular weight is 732 g/mol. The maximum atomic E-state index is 14.5. The normalized spacial score (nSPS) is 22.4. The molecule has 1 saturated heterocycles. The Hall–Kier alpha value is -4.04. The van der Waals surface area contributed by atoms with Crippen LogP contribution >= 0.6 is 7.75 Å². The number of aromatic nitrogens is 3. The van der Waals surface area contributed by atoms with E-state index in [4.69, 9.17) is 33.7 Å². The topological polar surface area (TPSA) is 192 Å². The van der Waals surface area contributed by atoms with Gasteiger partial charge in [-0.2, -0.15) is 10.2 Å². The van der Waals surface area contributed by atoms with Gasteiger partial charge in [0.15, 0.2) is 18.0 Å². The van der Waals surface area contributed by atoms with Crippen LogP contribution in [0.15, 0.2) is 42.7 Å². The molecule has 1 unspecified atom stereocenters. The number of nitrogens with one attached hydrogen (secondary N) is 1. The number of benzene rings is 1. The fourth-order valence-corrected chi connectivity index (χ4v) is 6.98. The lowest BCUT2D eigenvalue weighted by atomic mass is 9.87. The van der Waals surface area contributed by atoms with Crippen LogP contribution in [0.4, 0.5) is 5.82 Å². The molecule has 0 saturated carbocycles. The highest BCUT2D eigenvalue weighted by molar-refractivity contribution is 7.52. The maximum absolute atomic E-state index is 14.5. The quantitative estimate of drug-likeness (QED) is 0.117. The molecule has 0 bridgehead atoms. The molecule has 0 amide bonds. The van der Waals surface area contributed by atoms with Crippen molar-refractivity contribution in [3.05, 3.63) is 54.0 Å². The summed E-state index contributed by atoms with van der Waals surface area (Å²) < 4.78 is 51.7. The van der Waals surface area contributed by atoms with E-state index in [1.807, 2.05) is 26.0 Å². The molecule has 0 aliphatic carbocycles. The Morgan fingerprint density at radius 3 is 2.29 bits per heavy atom. The van der Waals surface area contributed by atoms with Crippen LogP contribution in [0.2, 0.25) is 0 Å². The fraction of sp³-hybridized carbons (Fsp3) is 0.571. The predicted octanol–water partition coefficient (Wildman–Crippen LogP) is 5.25. The van der Waals surface area contributed by atoms with E-state index in [1.165, 1.54) is 17.8 Å². The van der Waals surface area contributed by atoms with Gasteiger partial charge in [0, 0.05) is 12.8 Å². The van der Waals surface area contributed by atoms with Crippen LogP contribution in [0.25, 0.3) is 5.52 Å². The highest BCUT2D eigenvalue weighted by Crippen LogP contribution is 2.49. The predicted molar refractivity (Wildman–Crippen MR) is 188 cm³/mol. The minimum atomic E-state index is -4.40. The van der Waals surface area contributed by atoms with Gasteiger partial charge in [-0.05, 0) is 55.0 Å². The van der Waals surface area contributed by atoms with Gasteiger partial charge in [0.05, 0.1) is 18.9 Å². The molecule has 3 N–H and O–H groups in total. The summed E-state index contributed by atoms with van der Waals surface area (Å²) in [5, 5.41) is 7.01. The van der Waals surface area contributed by atoms with Crippen molar-refractivity contribution >= 4 is 37.0 Å². The van der Waals surface area contributed by atoms with E-state index in [1.54, 1.807) is 45.0 Å². The van der Waals surface area contributed by atoms with Crippen LogP contribution in [0.3, 0.4) is 0 Å². The molecule has 0 spiro atoms. The van der Waals surface area contributed by atoms with E-state index in [-0.39, 0.29) is 42.3 Å². The molecule has 4 rings (SSSR count). The number of rotatable bonds is 15. The number of nitrogens with two attached hydrogens (primary N) is 1. The second kappa shape index (κ2) is 16.1. The Bertz CT molecular complexity index is 1740. The zero-order valence-electron chi connectivity index (χ0n) is 30.7. The fourth-order valence-electron chi connectivity index (χ4n) is 5.48. The molecule has 2 aromatic heterocycles. The molecule has 6 atom stereocenters. The van der Waals surface area contributed by atoms with Gasteiger partial charge in [-0.3, -0.25) is 18.9 Å².